The van der Waals surface area contributed by atoms with E-state index in [0.29, 0.717) is 10.9 Å². The van der Waals surface area contributed by atoms with Gasteiger partial charge in [0, 0.05) is 50.2 Å². The van der Waals surface area contributed by atoms with Crippen LogP contribution in [-0.2, 0) is 9.59 Å². The van der Waals surface area contributed by atoms with Crippen molar-refractivity contribution >= 4 is 34.7 Å². The number of rotatable bonds is 6. The summed E-state index contributed by atoms with van der Waals surface area (Å²) in [6.45, 7) is 2.51. The monoisotopic (exact) mass is 533 g/mol. The zero-order valence-corrected chi connectivity index (χ0v) is 21.5. The normalized spacial score (nSPS) is 18.2. The third-order valence-electron chi connectivity index (χ3n) is 7.72. The number of piperazine rings is 1. The number of aromatic nitrogens is 1. The summed E-state index contributed by atoms with van der Waals surface area (Å²) in [6.07, 6.45) is 3.32. The van der Waals surface area contributed by atoms with Gasteiger partial charge in [0.15, 0.2) is 11.6 Å². The maximum atomic E-state index is 13.6. The number of aromatic amines is 1. The SMILES string of the molecule is CC(C(=O)N[C@H](C(=O)N1CCN(C(=O)c2cc3cc(F)c(F)cc3[nH]2)CC1)C1CCCCC1)N(C)C(=O)O. The van der Waals surface area contributed by atoms with Gasteiger partial charge in [-0.3, -0.25) is 19.3 Å². The van der Waals surface area contributed by atoms with E-state index in [4.69, 9.17) is 0 Å². The first-order valence-corrected chi connectivity index (χ1v) is 12.9. The number of carboxylic acid groups (broad SMARTS) is 1. The van der Waals surface area contributed by atoms with Crippen molar-refractivity contribution in [3.05, 3.63) is 35.5 Å². The molecular weight excluding hydrogens is 500 g/mol. The summed E-state index contributed by atoms with van der Waals surface area (Å²) in [6, 6.07) is 1.78. The molecule has 2 aromatic rings. The second-order valence-electron chi connectivity index (χ2n) is 10.1. The van der Waals surface area contributed by atoms with Crippen LogP contribution in [0.4, 0.5) is 13.6 Å². The quantitative estimate of drug-likeness (QED) is 0.527. The lowest BCUT2D eigenvalue weighted by atomic mass is 9.83. The number of likely N-dealkylation sites (N-methyl/N-ethyl adjacent to an activating group) is 1. The molecule has 1 saturated carbocycles. The first-order valence-electron chi connectivity index (χ1n) is 12.9. The molecule has 0 spiro atoms. The zero-order valence-electron chi connectivity index (χ0n) is 21.5. The molecule has 2 fully saturated rings. The third kappa shape index (κ3) is 5.73. The topological polar surface area (TPSA) is 126 Å². The highest BCUT2D eigenvalue weighted by Crippen LogP contribution is 2.28. The van der Waals surface area contributed by atoms with Crippen LogP contribution in [0.25, 0.3) is 10.9 Å². The largest absolute Gasteiger partial charge is 0.465 e. The molecule has 1 unspecified atom stereocenters. The second kappa shape index (κ2) is 11.4. The van der Waals surface area contributed by atoms with Gasteiger partial charge in [-0.05, 0) is 37.8 Å². The molecule has 4 rings (SSSR count). The number of benzene rings is 1. The van der Waals surface area contributed by atoms with Crippen molar-refractivity contribution in [3.63, 3.8) is 0 Å². The van der Waals surface area contributed by atoms with Gasteiger partial charge in [-0.1, -0.05) is 19.3 Å². The molecule has 1 aromatic carbocycles. The Morgan fingerprint density at radius 2 is 1.61 bits per heavy atom. The molecule has 2 aliphatic rings. The highest BCUT2D eigenvalue weighted by Gasteiger charge is 2.37. The number of halogens is 2. The van der Waals surface area contributed by atoms with Crippen LogP contribution in [0.3, 0.4) is 0 Å². The van der Waals surface area contributed by atoms with Crippen molar-refractivity contribution < 1.29 is 33.1 Å². The van der Waals surface area contributed by atoms with E-state index in [1.54, 1.807) is 9.80 Å². The van der Waals surface area contributed by atoms with Gasteiger partial charge in [0.1, 0.15) is 17.8 Å². The Kier molecular flexibility index (Phi) is 8.17. The fraction of sp³-hybridized carbons (Fsp3) is 0.538. The van der Waals surface area contributed by atoms with Gasteiger partial charge in [0.25, 0.3) is 5.91 Å². The maximum Gasteiger partial charge on any atom is 0.407 e. The van der Waals surface area contributed by atoms with Crippen LogP contribution in [0.2, 0.25) is 0 Å². The minimum atomic E-state index is -1.24. The van der Waals surface area contributed by atoms with Gasteiger partial charge in [-0.25, -0.2) is 13.6 Å². The molecule has 2 atom stereocenters. The smallest absolute Gasteiger partial charge is 0.407 e. The van der Waals surface area contributed by atoms with Gasteiger partial charge in [0.05, 0.1) is 0 Å². The molecule has 1 aromatic heterocycles. The van der Waals surface area contributed by atoms with Crippen LogP contribution in [0.1, 0.15) is 49.5 Å². The number of nitrogens with zero attached hydrogens (tertiary/aromatic N) is 3. The van der Waals surface area contributed by atoms with E-state index in [2.05, 4.69) is 10.3 Å². The lowest BCUT2D eigenvalue weighted by molar-refractivity contribution is -0.140. The number of nitrogens with one attached hydrogen (secondary N) is 2. The van der Waals surface area contributed by atoms with Crippen LogP contribution in [0, 0.1) is 17.6 Å². The first kappa shape index (κ1) is 27.3. The Bertz CT molecular complexity index is 1180. The summed E-state index contributed by atoms with van der Waals surface area (Å²) < 4.78 is 27.1. The molecule has 2 heterocycles. The van der Waals surface area contributed by atoms with Crippen LogP contribution >= 0.6 is 0 Å². The van der Waals surface area contributed by atoms with E-state index in [1.807, 2.05) is 0 Å². The average molecular weight is 534 g/mol. The number of fused-ring (bicyclic) bond motifs is 1. The van der Waals surface area contributed by atoms with Gasteiger partial charge >= 0.3 is 6.09 Å². The lowest BCUT2D eigenvalue weighted by Gasteiger charge is -2.39. The van der Waals surface area contributed by atoms with E-state index < -0.39 is 35.7 Å². The molecular formula is C26H33F2N5O5. The number of H-pyrrole nitrogens is 1. The van der Waals surface area contributed by atoms with Crippen molar-refractivity contribution in [1.82, 2.24) is 25.0 Å². The van der Waals surface area contributed by atoms with Crippen molar-refractivity contribution in [3.8, 4) is 0 Å². The predicted octanol–water partition coefficient (Wildman–Crippen LogP) is 2.79. The number of hydrogen-bond donors (Lipinski definition) is 3. The van der Waals surface area contributed by atoms with Gasteiger partial charge in [0.2, 0.25) is 11.8 Å². The Morgan fingerprint density at radius 3 is 2.24 bits per heavy atom. The summed E-state index contributed by atoms with van der Waals surface area (Å²) >= 11 is 0. The fourth-order valence-corrected chi connectivity index (χ4v) is 5.20. The highest BCUT2D eigenvalue weighted by molar-refractivity contribution is 5.98. The Labute approximate surface area is 218 Å². The van der Waals surface area contributed by atoms with Crippen LogP contribution in [0.15, 0.2) is 18.2 Å². The predicted molar refractivity (Wildman–Crippen MR) is 134 cm³/mol. The molecule has 4 amide bonds. The minimum absolute atomic E-state index is 0.0469. The number of amides is 4. The summed E-state index contributed by atoms with van der Waals surface area (Å²) in [7, 11) is 1.31. The number of hydrogen-bond acceptors (Lipinski definition) is 4. The summed E-state index contributed by atoms with van der Waals surface area (Å²) in [5, 5.41) is 12.4. The van der Waals surface area contributed by atoms with Crippen molar-refractivity contribution in [2.24, 2.45) is 5.92 Å². The Morgan fingerprint density at radius 1 is 1.00 bits per heavy atom. The standard InChI is InChI=1S/C26H33F2N5O5/c1-15(31(2)26(37)38)23(34)30-22(16-6-4-3-5-7-16)25(36)33-10-8-32(9-11-33)24(35)21-13-17-12-18(27)19(28)14-20(17)29-21/h12-16,22,29H,3-11H2,1-2H3,(H,30,34)(H,37,38)/t15?,22-/m0/s1. The highest BCUT2D eigenvalue weighted by atomic mass is 19.2. The average Bonchev–Trinajstić information content (AvgIpc) is 3.33. The first-order chi connectivity index (χ1) is 18.1. The molecule has 1 aliphatic heterocycles. The van der Waals surface area contributed by atoms with E-state index in [-0.39, 0.29) is 49.6 Å². The maximum absolute atomic E-state index is 13.6. The van der Waals surface area contributed by atoms with Gasteiger partial charge in [-0.2, -0.15) is 0 Å². The van der Waals surface area contributed by atoms with Gasteiger partial charge in [-0.15, -0.1) is 0 Å². The van der Waals surface area contributed by atoms with E-state index in [0.717, 1.165) is 49.1 Å². The molecule has 1 aliphatic carbocycles. The summed E-state index contributed by atoms with van der Waals surface area (Å²) in [5.41, 5.74) is 0.517. The Hall–Kier alpha value is -3.70. The zero-order chi connectivity index (χ0) is 27.6. The fourth-order valence-electron chi connectivity index (χ4n) is 5.20. The molecule has 12 heteroatoms. The van der Waals surface area contributed by atoms with Crippen molar-refractivity contribution in [2.75, 3.05) is 33.2 Å². The van der Waals surface area contributed by atoms with Crippen LogP contribution < -0.4 is 5.32 Å². The molecule has 0 bridgehead atoms. The molecule has 0 radical (unpaired) electrons. The molecule has 10 nitrogen and oxygen atoms in total. The van der Waals surface area contributed by atoms with E-state index >= 15 is 0 Å². The molecule has 206 valence electrons. The summed E-state index contributed by atoms with van der Waals surface area (Å²) in [4.78, 5) is 57.7. The minimum Gasteiger partial charge on any atom is -0.465 e. The lowest BCUT2D eigenvalue weighted by Crippen LogP contribution is -2.59. The van der Waals surface area contributed by atoms with Crippen LogP contribution in [-0.4, -0.2) is 93.9 Å². The number of carbonyl (C=O) groups is 4. The van der Waals surface area contributed by atoms with E-state index in [9.17, 15) is 33.1 Å². The third-order valence-corrected chi connectivity index (χ3v) is 7.72. The molecule has 1 saturated heterocycles. The molecule has 3 N–H and O–H groups in total. The van der Waals surface area contributed by atoms with E-state index in [1.165, 1.54) is 20.0 Å². The Balaban J connectivity index is 1.42. The van der Waals surface area contributed by atoms with Gasteiger partial charge < -0.3 is 25.2 Å². The van der Waals surface area contributed by atoms with Crippen molar-refractivity contribution in [2.45, 2.75) is 51.1 Å². The molecule has 38 heavy (non-hydrogen) atoms. The van der Waals surface area contributed by atoms with Crippen molar-refractivity contribution in [1.29, 1.82) is 0 Å². The summed E-state index contributed by atoms with van der Waals surface area (Å²) in [5.74, 6) is -3.15. The number of carbonyl (C=O) groups excluding carboxylic acids is 3. The second-order valence-corrected chi connectivity index (χ2v) is 10.1. The van der Waals surface area contributed by atoms with Crippen LogP contribution in [0.5, 0.6) is 0 Å².